The molecule has 2 aliphatic rings. The Morgan fingerprint density at radius 3 is 2.44 bits per heavy atom. The summed E-state index contributed by atoms with van der Waals surface area (Å²) in [4.78, 5) is 4.63. The van der Waals surface area contributed by atoms with Gasteiger partial charge < -0.3 is 15.1 Å². The molecule has 0 spiro atoms. The van der Waals surface area contributed by atoms with Crippen molar-refractivity contribution in [3.8, 4) is 0 Å². The number of likely N-dealkylation sites (tertiary alicyclic amines) is 2. The van der Waals surface area contributed by atoms with E-state index in [0.29, 0.717) is 19.1 Å². The van der Waals surface area contributed by atoms with Crippen molar-refractivity contribution in [3.05, 3.63) is 0 Å². The molecular weight excluding hydrogens is 204 g/mol. The Kier molecular flexibility index (Phi) is 4.19. The Morgan fingerprint density at radius 2 is 1.81 bits per heavy atom. The zero-order chi connectivity index (χ0) is 11.5. The second kappa shape index (κ2) is 5.45. The second-order valence-electron chi connectivity index (χ2n) is 5.31. The highest BCUT2D eigenvalue weighted by Gasteiger charge is 2.30. The smallest absolute Gasteiger partial charge is 0.0938 e. The first-order valence-electron chi connectivity index (χ1n) is 6.45. The maximum Gasteiger partial charge on any atom is 0.0938 e. The number of nitrogens with zero attached hydrogens (tertiary/aromatic N) is 2. The summed E-state index contributed by atoms with van der Waals surface area (Å²) in [6.45, 7) is 3.49. The van der Waals surface area contributed by atoms with E-state index in [1.807, 2.05) is 0 Å². The largest absolute Gasteiger partial charge is 0.389 e. The van der Waals surface area contributed by atoms with E-state index in [0.717, 1.165) is 13.0 Å². The van der Waals surface area contributed by atoms with Crippen molar-refractivity contribution in [1.29, 1.82) is 0 Å². The number of aliphatic hydroxyl groups excluding tert-OH is 2. The predicted octanol–water partition coefficient (Wildman–Crippen LogP) is -0.102. The van der Waals surface area contributed by atoms with Crippen LogP contribution in [0.3, 0.4) is 0 Å². The van der Waals surface area contributed by atoms with E-state index in [-0.39, 0.29) is 0 Å². The van der Waals surface area contributed by atoms with E-state index in [1.165, 1.54) is 25.8 Å². The summed E-state index contributed by atoms with van der Waals surface area (Å²) in [6, 6.07) is 0.698. The SMILES string of the molecule is CN1CCCCC1CCN1CC(O)C(O)C1. The molecule has 0 radical (unpaired) electrons. The van der Waals surface area contributed by atoms with Crippen molar-refractivity contribution in [2.45, 2.75) is 43.9 Å². The molecular formula is C12H24N2O2. The molecule has 2 N–H and O–H groups in total. The summed E-state index contributed by atoms with van der Waals surface area (Å²) in [6.07, 6.45) is 4.06. The highest BCUT2D eigenvalue weighted by molar-refractivity contribution is 4.84. The minimum Gasteiger partial charge on any atom is -0.389 e. The monoisotopic (exact) mass is 228 g/mol. The van der Waals surface area contributed by atoms with Gasteiger partial charge in [0.2, 0.25) is 0 Å². The summed E-state index contributed by atoms with van der Waals surface area (Å²) < 4.78 is 0. The van der Waals surface area contributed by atoms with E-state index in [2.05, 4.69) is 16.8 Å². The normalized spacial score (nSPS) is 38.1. The summed E-state index contributed by atoms with van der Waals surface area (Å²) >= 11 is 0. The highest BCUT2D eigenvalue weighted by Crippen LogP contribution is 2.19. The van der Waals surface area contributed by atoms with Crippen molar-refractivity contribution in [2.24, 2.45) is 0 Å². The minimum atomic E-state index is -0.538. The van der Waals surface area contributed by atoms with Crippen molar-refractivity contribution in [1.82, 2.24) is 9.80 Å². The Morgan fingerprint density at radius 1 is 1.12 bits per heavy atom. The van der Waals surface area contributed by atoms with E-state index in [4.69, 9.17) is 0 Å². The van der Waals surface area contributed by atoms with Crippen molar-refractivity contribution in [2.75, 3.05) is 33.2 Å². The second-order valence-corrected chi connectivity index (χ2v) is 5.31. The van der Waals surface area contributed by atoms with E-state index in [9.17, 15) is 10.2 Å². The van der Waals surface area contributed by atoms with Gasteiger partial charge in [-0.3, -0.25) is 4.90 Å². The first-order chi connectivity index (χ1) is 7.66. The zero-order valence-electron chi connectivity index (χ0n) is 10.2. The maximum absolute atomic E-state index is 9.45. The average molecular weight is 228 g/mol. The van der Waals surface area contributed by atoms with Crippen molar-refractivity contribution < 1.29 is 10.2 Å². The molecule has 0 aromatic rings. The standard InChI is InChI=1S/C12H24N2O2/c1-13-6-3-2-4-10(13)5-7-14-8-11(15)12(16)9-14/h10-12,15-16H,2-9H2,1H3. The third-order valence-electron chi connectivity index (χ3n) is 4.03. The van der Waals surface area contributed by atoms with Gasteiger partial charge in [0.05, 0.1) is 12.2 Å². The van der Waals surface area contributed by atoms with E-state index in [1.54, 1.807) is 0 Å². The van der Waals surface area contributed by atoms with Crippen LogP contribution in [0, 0.1) is 0 Å². The Hall–Kier alpha value is -0.160. The van der Waals surface area contributed by atoms with E-state index < -0.39 is 12.2 Å². The Labute approximate surface area is 97.9 Å². The van der Waals surface area contributed by atoms with Gasteiger partial charge in [0.25, 0.3) is 0 Å². The number of hydrogen-bond acceptors (Lipinski definition) is 4. The van der Waals surface area contributed by atoms with Gasteiger partial charge in [-0.2, -0.15) is 0 Å². The molecule has 3 atom stereocenters. The van der Waals surface area contributed by atoms with Gasteiger partial charge in [0.15, 0.2) is 0 Å². The molecule has 0 aromatic heterocycles. The molecule has 0 saturated carbocycles. The quantitative estimate of drug-likeness (QED) is 0.708. The van der Waals surface area contributed by atoms with Crippen LogP contribution in [-0.2, 0) is 0 Å². The highest BCUT2D eigenvalue weighted by atomic mass is 16.3. The van der Waals surface area contributed by atoms with Crippen LogP contribution < -0.4 is 0 Å². The summed E-state index contributed by atoms with van der Waals surface area (Å²) in [5, 5.41) is 18.9. The molecule has 0 aliphatic carbocycles. The number of hydrogen-bond donors (Lipinski definition) is 2. The van der Waals surface area contributed by atoms with Crippen molar-refractivity contribution in [3.63, 3.8) is 0 Å². The zero-order valence-corrected chi connectivity index (χ0v) is 10.2. The maximum atomic E-state index is 9.45. The lowest BCUT2D eigenvalue weighted by atomic mass is 10.00. The Balaban J connectivity index is 1.71. The third-order valence-corrected chi connectivity index (χ3v) is 4.03. The van der Waals surface area contributed by atoms with Gasteiger partial charge in [-0.15, -0.1) is 0 Å². The van der Waals surface area contributed by atoms with Crippen LogP contribution in [0.4, 0.5) is 0 Å². The van der Waals surface area contributed by atoms with Gasteiger partial charge in [-0.1, -0.05) is 6.42 Å². The summed E-state index contributed by atoms with van der Waals surface area (Å²) in [5.74, 6) is 0. The molecule has 0 aromatic carbocycles. The predicted molar refractivity (Wildman–Crippen MR) is 63.3 cm³/mol. The molecule has 2 saturated heterocycles. The molecule has 2 aliphatic heterocycles. The van der Waals surface area contributed by atoms with E-state index >= 15 is 0 Å². The van der Waals surface area contributed by atoms with Crippen LogP contribution in [-0.4, -0.2) is 71.5 Å². The van der Waals surface area contributed by atoms with Gasteiger partial charge in [0.1, 0.15) is 0 Å². The lowest BCUT2D eigenvalue weighted by molar-refractivity contribution is 0.0572. The third kappa shape index (κ3) is 2.94. The lowest BCUT2D eigenvalue weighted by Gasteiger charge is -2.33. The molecule has 4 nitrogen and oxygen atoms in total. The number of piperidine rings is 1. The van der Waals surface area contributed by atoms with Crippen molar-refractivity contribution >= 4 is 0 Å². The molecule has 0 amide bonds. The summed E-state index contributed by atoms with van der Waals surface area (Å²) in [7, 11) is 2.21. The molecule has 2 heterocycles. The number of β-amino-alcohol motifs (C(OH)–C–C–N with tert-alkyl or cyclic N) is 2. The molecule has 16 heavy (non-hydrogen) atoms. The number of rotatable bonds is 3. The summed E-state index contributed by atoms with van der Waals surface area (Å²) in [5.41, 5.74) is 0. The molecule has 94 valence electrons. The first-order valence-corrected chi connectivity index (χ1v) is 6.45. The van der Waals surface area contributed by atoms with Gasteiger partial charge >= 0.3 is 0 Å². The number of aliphatic hydroxyl groups is 2. The lowest BCUT2D eigenvalue weighted by Crippen LogP contribution is -2.38. The Bertz CT molecular complexity index is 215. The first kappa shape index (κ1) is 12.3. The molecule has 2 fully saturated rings. The van der Waals surface area contributed by atoms with Crippen LogP contribution >= 0.6 is 0 Å². The van der Waals surface area contributed by atoms with Gasteiger partial charge in [0, 0.05) is 19.1 Å². The van der Waals surface area contributed by atoms with Gasteiger partial charge in [-0.25, -0.2) is 0 Å². The minimum absolute atomic E-state index is 0.538. The van der Waals surface area contributed by atoms with Crippen LogP contribution in [0.15, 0.2) is 0 Å². The fourth-order valence-corrected chi connectivity index (χ4v) is 2.87. The average Bonchev–Trinajstić information content (AvgIpc) is 2.57. The van der Waals surface area contributed by atoms with Crippen LogP contribution in [0.2, 0.25) is 0 Å². The fraction of sp³-hybridized carbons (Fsp3) is 1.00. The topological polar surface area (TPSA) is 46.9 Å². The van der Waals surface area contributed by atoms with Crippen LogP contribution in [0.25, 0.3) is 0 Å². The molecule has 3 unspecified atom stereocenters. The molecule has 2 rings (SSSR count). The van der Waals surface area contributed by atoms with Crippen LogP contribution in [0.1, 0.15) is 25.7 Å². The van der Waals surface area contributed by atoms with Crippen LogP contribution in [0.5, 0.6) is 0 Å². The fourth-order valence-electron chi connectivity index (χ4n) is 2.87. The van der Waals surface area contributed by atoms with Gasteiger partial charge in [-0.05, 0) is 39.4 Å². The molecule has 4 heteroatoms. The molecule has 0 bridgehead atoms.